The number of benzene rings is 6. The molecule has 0 unspecified atom stereocenters. The summed E-state index contributed by atoms with van der Waals surface area (Å²) in [6.45, 7) is 62.1. The van der Waals surface area contributed by atoms with Crippen LogP contribution in [0.5, 0.6) is 0 Å². The van der Waals surface area contributed by atoms with Crippen LogP contribution in [-0.4, -0.2) is 178 Å². The van der Waals surface area contributed by atoms with Gasteiger partial charge in [0.2, 0.25) is 0 Å². The molecular formula is C103H145FN12O6. The van der Waals surface area contributed by atoms with Crippen LogP contribution in [0.3, 0.4) is 0 Å². The van der Waals surface area contributed by atoms with Gasteiger partial charge in [-0.3, -0.25) is 0 Å². The molecule has 0 N–H and O–H groups in total. The van der Waals surface area contributed by atoms with Gasteiger partial charge in [-0.2, -0.15) is 0 Å². The Kier molecular flexibility index (Phi) is 30.7. The zero-order valence-corrected chi connectivity index (χ0v) is 77.4. The predicted octanol–water partition coefficient (Wildman–Crippen LogP) is 24.8. The third kappa shape index (κ3) is 25.8. The number of rotatable bonds is 14. The smallest absolute Gasteiger partial charge is 0.167 e. The lowest BCUT2D eigenvalue weighted by molar-refractivity contribution is 0.152. The molecule has 18 rings (SSSR count). The Balaban J connectivity index is 0.000000126. The van der Waals surface area contributed by atoms with E-state index in [2.05, 4.69) is 252 Å². The van der Waals surface area contributed by atoms with E-state index in [0.29, 0.717) is 68.2 Å². The minimum atomic E-state index is -0.225. The monoisotopic (exact) mass is 1670 g/mol. The molecule has 6 aromatic carbocycles. The first-order valence-electron chi connectivity index (χ1n) is 46.3. The highest BCUT2D eigenvalue weighted by molar-refractivity contribution is 5.84. The zero-order valence-electron chi connectivity index (χ0n) is 77.4. The number of piperidine rings is 6. The molecule has 6 saturated heterocycles. The Labute approximate surface area is 727 Å². The van der Waals surface area contributed by atoms with Gasteiger partial charge >= 0.3 is 0 Å². The van der Waals surface area contributed by atoms with Gasteiger partial charge in [-0.05, 0) is 307 Å². The van der Waals surface area contributed by atoms with Gasteiger partial charge in [-0.15, -0.1) is 0 Å². The predicted molar refractivity (Wildman–Crippen MR) is 496 cm³/mol. The van der Waals surface area contributed by atoms with Crippen molar-refractivity contribution in [2.75, 3.05) is 118 Å². The van der Waals surface area contributed by atoms with Crippen LogP contribution >= 0.6 is 0 Å². The van der Waals surface area contributed by atoms with E-state index in [0.717, 1.165) is 77.2 Å². The number of halogens is 1. The molecule has 0 bridgehead atoms. The van der Waals surface area contributed by atoms with Crippen molar-refractivity contribution in [2.24, 2.45) is 27.1 Å². The highest BCUT2D eigenvalue weighted by atomic mass is 19.1. The van der Waals surface area contributed by atoms with Crippen LogP contribution < -0.4 is 0 Å². The van der Waals surface area contributed by atoms with Gasteiger partial charge in [-0.1, -0.05) is 196 Å². The third-order valence-corrected chi connectivity index (χ3v) is 25.3. The van der Waals surface area contributed by atoms with Gasteiger partial charge < -0.3 is 56.5 Å². The minimum Gasteiger partial charge on any atom is -0.356 e. The van der Waals surface area contributed by atoms with E-state index in [1.807, 2.05) is 42.5 Å². The summed E-state index contributed by atoms with van der Waals surface area (Å²) >= 11 is 0. The molecule has 0 saturated carbocycles. The normalized spacial score (nSPS) is 18.5. The van der Waals surface area contributed by atoms with E-state index in [9.17, 15) is 4.39 Å². The highest BCUT2D eigenvalue weighted by Crippen LogP contribution is 2.41. The lowest BCUT2D eigenvalue weighted by atomic mass is 9.89. The fourth-order valence-corrected chi connectivity index (χ4v) is 19.4. The molecule has 6 aliphatic rings. The van der Waals surface area contributed by atoms with E-state index >= 15 is 0 Å². The standard InChI is InChI=1S/3C18H26N2O.C17H23FN2O.C17H24N2O.C15H20N2O/c1-13-5-6-16-15(11-13)17(19-21-16)14-7-9-20(10-8-14)12-18(2,3)4;1-13-5-6-15-16(11-13)21-19-17(15)14-7-9-20(10-8-14)12-18(2,3)4;1-18(2,3)10-13-20-11-8-14(9-12-20)17-15-6-4-5-7-16(15)21-19-17;1-17(2,3)11-20-8-6-12(7-9-20)16-14-10-13(18)4-5-15(14)21-19-16;1-17(2,3)12-19-10-8-13(9-11-19)16-14-6-4-5-7-15(14)20-18-16;1-2-9-17-10-7-12(8-11-17)15-13-5-3-4-6-14(13)18-16-15/h2*5-6,11,14H,7-10,12H2,1-4H3;4-7,14H,8-13H2,1-3H3;4-5,10,12H,6-9,11H2,1-3H3;4-7,13H,8-12H2,1-3H3;3-6,12H,2,7-11H2,1H3. The van der Waals surface area contributed by atoms with Crippen molar-refractivity contribution in [1.29, 1.82) is 0 Å². The molecule has 18 nitrogen and oxygen atoms in total. The van der Waals surface area contributed by atoms with Crippen molar-refractivity contribution in [3.63, 3.8) is 0 Å². The maximum absolute atomic E-state index is 13.4. The average molecular weight is 1670 g/mol. The van der Waals surface area contributed by atoms with Crippen LogP contribution in [0, 0.1) is 46.7 Å². The van der Waals surface area contributed by atoms with Crippen LogP contribution in [0.25, 0.3) is 65.8 Å². The summed E-state index contributed by atoms with van der Waals surface area (Å²) in [6, 6.07) is 42.0. The van der Waals surface area contributed by atoms with E-state index in [1.165, 1.54) is 242 Å². The van der Waals surface area contributed by atoms with Gasteiger partial charge in [0, 0.05) is 94.0 Å². The molecule has 6 aliphatic heterocycles. The first-order valence-corrected chi connectivity index (χ1v) is 46.3. The van der Waals surface area contributed by atoms with Crippen LogP contribution in [0.1, 0.15) is 281 Å². The minimum absolute atomic E-state index is 0.225. The first kappa shape index (κ1) is 91.5. The summed E-state index contributed by atoms with van der Waals surface area (Å²) in [7, 11) is 0. The number of nitrogens with zero attached hydrogens (tertiary/aromatic N) is 12. The van der Waals surface area contributed by atoms with E-state index in [1.54, 1.807) is 12.1 Å². The Morgan fingerprint density at radius 1 is 0.279 bits per heavy atom. The highest BCUT2D eigenvalue weighted by Gasteiger charge is 2.34. The summed E-state index contributed by atoms with van der Waals surface area (Å²) in [5, 5.41) is 32.7. The lowest BCUT2D eigenvalue weighted by Gasteiger charge is -2.35. The molecule has 0 atom stereocenters. The van der Waals surface area contributed by atoms with Crippen LogP contribution in [0.15, 0.2) is 155 Å². The maximum Gasteiger partial charge on any atom is 0.167 e. The van der Waals surface area contributed by atoms with Crippen LogP contribution in [-0.2, 0) is 0 Å². The quantitative estimate of drug-likeness (QED) is 0.100. The SMILES string of the molecule is CC(C)(C)CCN1CCC(c2noc3ccccc23)CC1.CC(C)(C)CN1CCC(c2noc3ccc(F)cc23)CC1.CC(C)(C)CN1CCC(c2noc3ccccc23)CC1.CCCN1CCC(c2noc3ccccc23)CC1.Cc1ccc2c(C3CCN(CC(C)(C)C)CC3)noc2c1.Cc1ccc2onc(C3CCN(CC(C)(C)C)CC3)c2c1. The van der Waals surface area contributed by atoms with Crippen molar-refractivity contribution in [1.82, 2.24) is 60.3 Å². The lowest BCUT2D eigenvalue weighted by Crippen LogP contribution is -2.38. The molecule has 0 amide bonds. The zero-order chi connectivity index (χ0) is 86.5. The van der Waals surface area contributed by atoms with E-state index in [4.69, 9.17) is 27.1 Å². The van der Waals surface area contributed by atoms with Crippen molar-refractivity contribution in [3.05, 3.63) is 179 Å². The fourth-order valence-electron chi connectivity index (χ4n) is 19.4. The largest absolute Gasteiger partial charge is 0.356 e. The molecule has 12 aromatic rings. The number of aryl methyl sites for hydroxylation is 2. The molecule has 122 heavy (non-hydrogen) atoms. The second kappa shape index (κ2) is 40.9. The van der Waals surface area contributed by atoms with E-state index < -0.39 is 0 Å². The summed E-state index contributed by atoms with van der Waals surface area (Å²) in [4.78, 5) is 15.4. The molecule has 660 valence electrons. The fraction of sp³-hybridized carbons (Fsp3) is 0.592. The van der Waals surface area contributed by atoms with Crippen molar-refractivity contribution in [2.45, 2.75) is 250 Å². The van der Waals surface area contributed by atoms with Crippen LogP contribution in [0.2, 0.25) is 0 Å². The van der Waals surface area contributed by atoms with E-state index in [-0.39, 0.29) is 5.82 Å². The number of para-hydroxylation sites is 3. The second-order valence-electron chi connectivity index (χ2n) is 42.5. The Bertz CT molecular complexity index is 5090. The molecule has 6 aromatic heterocycles. The number of hydrogen-bond acceptors (Lipinski definition) is 18. The topological polar surface area (TPSA) is 176 Å². The molecule has 6 fully saturated rings. The summed E-state index contributed by atoms with van der Waals surface area (Å²) in [6.07, 6.45) is 16.6. The summed E-state index contributed by atoms with van der Waals surface area (Å²) < 4.78 is 46.1. The molecule has 12 heterocycles. The summed E-state index contributed by atoms with van der Waals surface area (Å²) in [5.74, 6) is 2.92. The van der Waals surface area contributed by atoms with Gasteiger partial charge in [0.05, 0.1) is 34.2 Å². The molecule has 0 spiro atoms. The number of fused-ring (bicyclic) bond motifs is 6. The Morgan fingerprint density at radius 3 is 0.852 bits per heavy atom. The third-order valence-electron chi connectivity index (χ3n) is 25.3. The van der Waals surface area contributed by atoms with Gasteiger partial charge in [0.1, 0.15) is 5.82 Å². The van der Waals surface area contributed by atoms with Crippen molar-refractivity contribution < 1.29 is 31.5 Å². The molecule has 19 heteroatoms. The number of likely N-dealkylation sites (tertiary alicyclic amines) is 6. The van der Waals surface area contributed by atoms with Crippen molar-refractivity contribution >= 4 is 65.8 Å². The summed E-state index contributed by atoms with van der Waals surface area (Å²) in [5.41, 5.74) is 16.5. The number of hydrogen-bond donors (Lipinski definition) is 0. The first-order chi connectivity index (χ1) is 58.2. The molecular weight excluding hydrogens is 1520 g/mol. The van der Waals surface area contributed by atoms with Crippen LogP contribution in [0.4, 0.5) is 4.39 Å². The van der Waals surface area contributed by atoms with Gasteiger partial charge in [-0.25, -0.2) is 4.39 Å². The second-order valence-corrected chi connectivity index (χ2v) is 42.5. The Morgan fingerprint density at radius 2 is 0.533 bits per heavy atom. The average Bonchev–Trinajstić information content (AvgIpc) is 1.77. The molecule has 0 radical (unpaired) electrons. The van der Waals surface area contributed by atoms with Gasteiger partial charge in [0.25, 0.3) is 0 Å². The Hall–Kier alpha value is -8.17. The van der Waals surface area contributed by atoms with Gasteiger partial charge in [0.15, 0.2) is 33.5 Å². The maximum atomic E-state index is 13.4. The number of aromatic nitrogens is 6. The molecule has 0 aliphatic carbocycles. The van der Waals surface area contributed by atoms with Crippen molar-refractivity contribution in [3.8, 4) is 0 Å².